The number of hydrogen-bond acceptors (Lipinski definition) is 6. The fourth-order valence-corrected chi connectivity index (χ4v) is 5.20. The van der Waals surface area contributed by atoms with E-state index in [-0.39, 0.29) is 6.61 Å². The number of aryl methyl sites for hydroxylation is 2. The number of hydrogen-bond donors (Lipinski definition) is 0. The molecule has 29 heavy (non-hydrogen) atoms. The van der Waals surface area contributed by atoms with Crippen LogP contribution in [-0.2, 0) is 19.4 Å². The predicted octanol–water partition coefficient (Wildman–Crippen LogP) is 5.32. The minimum Gasteiger partial charge on any atom is -0.484 e. The summed E-state index contributed by atoms with van der Waals surface area (Å²) in [6.07, 6.45) is 5.15. The highest BCUT2D eigenvalue weighted by Crippen LogP contribution is 2.38. The highest BCUT2D eigenvalue weighted by molar-refractivity contribution is 7.19. The monoisotopic (exact) mass is 422 g/mol. The first kappa shape index (κ1) is 17.0. The average Bonchev–Trinajstić information content (AvgIpc) is 3.48. The van der Waals surface area contributed by atoms with Crippen LogP contribution in [0.4, 0.5) is 0 Å². The lowest BCUT2D eigenvalue weighted by Crippen LogP contribution is -1.94. The molecule has 0 aliphatic heterocycles. The van der Waals surface area contributed by atoms with Crippen LogP contribution >= 0.6 is 22.9 Å². The summed E-state index contributed by atoms with van der Waals surface area (Å²) >= 11 is 7.90. The van der Waals surface area contributed by atoms with Gasteiger partial charge in [-0.15, -0.1) is 16.4 Å². The van der Waals surface area contributed by atoms with Gasteiger partial charge in [0.2, 0.25) is 5.82 Å². The summed E-state index contributed by atoms with van der Waals surface area (Å²) in [6, 6.07) is 11.1. The molecule has 0 unspecified atom stereocenters. The van der Waals surface area contributed by atoms with Gasteiger partial charge in [-0.3, -0.25) is 0 Å². The zero-order chi connectivity index (χ0) is 19.4. The van der Waals surface area contributed by atoms with E-state index in [1.165, 1.54) is 16.9 Å². The quantitative estimate of drug-likeness (QED) is 0.392. The van der Waals surface area contributed by atoms with Crippen molar-refractivity contribution in [2.45, 2.75) is 25.9 Å². The van der Waals surface area contributed by atoms with Crippen molar-refractivity contribution in [3.05, 3.63) is 63.9 Å². The molecule has 0 saturated heterocycles. The third-order valence-corrected chi connectivity index (χ3v) is 6.64. The molecule has 0 bridgehead atoms. The van der Waals surface area contributed by atoms with Gasteiger partial charge < -0.3 is 9.15 Å². The number of aromatic nitrogens is 4. The molecule has 1 aliphatic carbocycles. The number of nitrogens with zero attached hydrogens (tertiary/aromatic N) is 4. The zero-order valence-corrected chi connectivity index (χ0v) is 16.8. The molecular weight excluding hydrogens is 408 g/mol. The van der Waals surface area contributed by atoms with Crippen LogP contribution in [0.2, 0.25) is 5.02 Å². The third kappa shape index (κ3) is 2.81. The van der Waals surface area contributed by atoms with E-state index in [0.717, 1.165) is 28.7 Å². The Morgan fingerprint density at radius 3 is 3.03 bits per heavy atom. The van der Waals surface area contributed by atoms with Crippen LogP contribution in [0, 0.1) is 0 Å². The Labute approximate surface area is 174 Å². The minimum absolute atomic E-state index is 0.279. The van der Waals surface area contributed by atoms with Gasteiger partial charge in [0.25, 0.3) is 0 Å². The van der Waals surface area contributed by atoms with E-state index in [0.29, 0.717) is 28.1 Å². The highest BCUT2D eigenvalue weighted by Gasteiger charge is 2.22. The molecule has 0 radical (unpaired) electrons. The van der Waals surface area contributed by atoms with Crippen LogP contribution in [0.15, 0.2) is 47.1 Å². The Bertz CT molecular complexity index is 1370. The van der Waals surface area contributed by atoms with Crippen LogP contribution in [0.1, 0.15) is 22.6 Å². The Morgan fingerprint density at radius 1 is 1.17 bits per heavy atom. The van der Waals surface area contributed by atoms with E-state index in [9.17, 15) is 0 Å². The van der Waals surface area contributed by atoms with Crippen LogP contribution in [0.5, 0.6) is 5.75 Å². The number of ether oxygens (including phenoxy) is 1. The summed E-state index contributed by atoms with van der Waals surface area (Å²) in [5, 5.41) is 6.28. The van der Waals surface area contributed by atoms with Crippen molar-refractivity contribution in [2.24, 2.45) is 0 Å². The largest absolute Gasteiger partial charge is 0.484 e. The second-order valence-electron chi connectivity index (χ2n) is 6.97. The first-order valence-electron chi connectivity index (χ1n) is 9.38. The molecule has 1 aromatic carbocycles. The van der Waals surface area contributed by atoms with Crippen LogP contribution in [0.3, 0.4) is 0 Å². The van der Waals surface area contributed by atoms with Gasteiger partial charge in [-0.2, -0.15) is 0 Å². The van der Waals surface area contributed by atoms with E-state index in [2.05, 4.69) is 10.1 Å². The van der Waals surface area contributed by atoms with Gasteiger partial charge in [-0.25, -0.2) is 14.5 Å². The number of para-hydroxylation sites is 1. The van der Waals surface area contributed by atoms with Crippen LogP contribution < -0.4 is 4.74 Å². The Balaban J connectivity index is 1.33. The molecule has 8 heteroatoms. The van der Waals surface area contributed by atoms with Crippen molar-refractivity contribution < 1.29 is 9.15 Å². The Morgan fingerprint density at radius 2 is 2.10 bits per heavy atom. The van der Waals surface area contributed by atoms with Gasteiger partial charge in [0.1, 0.15) is 29.3 Å². The molecule has 0 N–H and O–H groups in total. The number of fused-ring (bicyclic) bond motifs is 5. The van der Waals surface area contributed by atoms with Gasteiger partial charge >= 0.3 is 0 Å². The standard InChI is InChI=1S/C21H15ClN4O2S/c22-14-5-1-2-6-15(14)27-10-12-8-9-16(28-12)19-24-20-18-13-4-3-7-17(13)29-21(18)23-11-26(20)25-19/h1-2,5-6,8-9,11H,3-4,7,10H2. The van der Waals surface area contributed by atoms with Crippen molar-refractivity contribution in [1.82, 2.24) is 19.6 Å². The lowest BCUT2D eigenvalue weighted by atomic mass is 10.2. The fraction of sp³-hybridized carbons (Fsp3) is 0.190. The molecule has 0 fully saturated rings. The average molecular weight is 423 g/mol. The smallest absolute Gasteiger partial charge is 0.217 e. The van der Waals surface area contributed by atoms with Crippen molar-refractivity contribution in [3.8, 4) is 17.3 Å². The molecule has 6 rings (SSSR count). The molecule has 4 heterocycles. The predicted molar refractivity (Wildman–Crippen MR) is 112 cm³/mol. The van der Waals surface area contributed by atoms with E-state index < -0.39 is 0 Å². The van der Waals surface area contributed by atoms with Crippen molar-refractivity contribution in [1.29, 1.82) is 0 Å². The Hall–Kier alpha value is -2.90. The molecule has 0 spiro atoms. The van der Waals surface area contributed by atoms with Gasteiger partial charge in [0, 0.05) is 4.88 Å². The summed E-state index contributed by atoms with van der Waals surface area (Å²) in [5.41, 5.74) is 2.23. The van der Waals surface area contributed by atoms with E-state index in [1.807, 2.05) is 30.3 Å². The van der Waals surface area contributed by atoms with Gasteiger partial charge in [0.05, 0.1) is 10.4 Å². The summed E-state index contributed by atoms with van der Waals surface area (Å²) in [5.74, 6) is 2.45. The van der Waals surface area contributed by atoms with Crippen molar-refractivity contribution in [2.75, 3.05) is 0 Å². The number of halogens is 1. The molecule has 0 amide bonds. The van der Waals surface area contributed by atoms with E-state index in [4.69, 9.17) is 25.7 Å². The SMILES string of the molecule is Clc1ccccc1OCc1ccc(-c2nc3c4c5c(sc4ncn3n2)CCC5)o1. The number of thiophene rings is 1. The molecule has 144 valence electrons. The summed E-state index contributed by atoms with van der Waals surface area (Å²) in [6.45, 7) is 0.279. The summed E-state index contributed by atoms with van der Waals surface area (Å²) in [7, 11) is 0. The summed E-state index contributed by atoms with van der Waals surface area (Å²) < 4.78 is 13.4. The topological polar surface area (TPSA) is 65.5 Å². The molecule has 5 aromatic rings. The third-order valence-electron chi connectivity index (χ3n) is 5.13. The lowest BCUT2D eigenvalue weighted by Gasteiger charge is -2.05. The summed E-state index contributed by atoms with van der Waals surface area (Å²) in [4.78, 5) is 11.8. The molecule has 1 aliphatic rings. The fourth-order valence-electron chi connectivity index (χ4n) is 3.78. The minimum atomic E-state index is 0.279. The molecule has 0 atom stereocenters. The first-order valence-corrected chi connectivity index (χ1v) is 10.6. The maximum Gasteiger partial charge on any atom is 0.217 e. The number of benzene rings is 1. The van der Waals surface area contributed by atoms with Crippen LogP contribution in [0.25, 0.3) is 27.4 Å². The van der Waals surface area contributed by atoms with E-state index >= 15 is 0 Å². The molecule has 0 saturated carbocycles. The second kappa shape index (κ2) is 6.57. The number of furan rings is 1. The first-order chi connectivity index (χ1) is 14.3. The molecule has 4 aromatic heterocycles. The van der Waals surface area contributed by atoms with Gasteiger partial charge in [-0.1, -0.05) is 23.7 Å². The highest BCUT2D eigenvalue weighted by atomic mass is 35.5. The Kier molecular flexibility index (Phi) is 3.85. The lowest BCUT2D eigenvalue weighted by molar-refractivity contribution is 0.272. The number of rotatable bonds is 4. The normalized spacial score (nSPS) is 13.4. The second-order valence-corrected chi connectivity index (χ2v) is 8.46. The maximum atomic E-state index is 6.13. The van der Waals surface area contributed by atoms with Gasteiger partial charge in [-0.05, 0) is 49.1 Å². The van der Waals surface area contributed by atoms with E-state index in [1.54, 1.807) is 28.2 Å². The molecule has 6 nitrogen and oxygen atoms in total. The zero-order valence-electron chi connectivity index (χ0n) is 15.3. The van der Waals surface area contributed by atoms with Crippen LogP contribution in [-0.4, -0.2) is 19.6 Å². The maximum absolute atomic E-state index is 6.13. The van der Waals surface area contributed by atoms with Crippen molar-refractivity contribution >= 4 is 38.8 Å². The van der Waals surface area contributed by atoms with Gasteiger partial charge in [0.15, 0.2) is 11.4 Å². The van der Waals surface area contributed by atoms with Crippen molar-refractivity contribution in [3.63, 3.8) is 0 Å². The molecular formula is C21H15ClN4O2S.